The summed E-state index contributed by atoms with van der Waals surface area (Å²) in [6.07, 6.45) is 11.3. The van der Waals surface area contributed by atoms with Crippen LogP contribution in [0.5, 0.6) is 0 Å². The number of hydrogen-bond donors (Lipinski definition) is 1. The normalized spacial score (nSPS) is 13.4. The van der Waals surface area contributed by atoms with Gasteiger partial charge in [0.15, 0.2) is 0 Å². The van der Waals surface area contributed by atoms with Gasteiger partial charge in [0.05, 0.1) is 52.6 Å². The number of nitrogens with one attached hydrogen (secondary N) is 1. The molecule has 4 aromatic rings. The zero-order valence-corrected chi connectivity index (χ0v) is 17.7. The molecule has 1 aliphatic heterocycles. The van der Waals surface area contributed by atoms with E-state index in [9.17, 15) is 4.79 Å². The van der Waals surface area contributed by atoms with Crippen LogP contribution in [-0.2, 0) is 4.79 Å². The third-order valence-corrected chi connectivity index (χ3v) is 5.38. The van der Waals surface area contributed by atoms with Crippen molar-refractivity contribution in [3.05, 3.63) is 72.5 Å². The Bertz CT molecular complexity index is 1280. The standard InChI is InChI=1S/C23H18ClN7O/c24-19-13-28-23(29-17-10-18(12-26-11-17)31-8-2-5-21(31)32)30-22(19)16-4-1-3-15(9-16)20-14-25-6-7-27-20/h1,3-4,6-7,9-14H,2,5,8H2,(H,28,29,30). The van der Waals surface area contributed by atoms with Gasteiger partial charge in [-0.1, -0.05) is 29.8 Å². The first-order chi connectivity index (χ1) is 15.7. The van der Waals surface area contributed by atoms with E-state index in [2.05, 4.69) is 30.2 Å². The highest BCUT2D eigenvalue weighted by Gasteiger charge is 2.22. The van der Waals surface area contributed by atoms with Crippen molar-refractivity contribution in [1.29, 1.82) is 0 Å². The average Bonchev–Trinajstić information content (AvgIpc) is 3.27. The Balaban J connectivity index is 1.44. The predicted molar refractivity (Wildman–Crippen MR) is 123 cm³/mol. The lowest BCUT2D eigenvalue weighted by Gasteiger charge is -2.16. The molecule has 158 valence electrons. The molecule has 9 heteroatoms. The molecule has 1 fully saturated rings. The van der Waals surface area contributed by atoms with Gasteiger partial charge in [-0.25, -0.2) is 9.97 Å². The van der Waals surface area contributed by atoms with E-state index in [1.165, 1.54) is 0 Å². The highest BCUT2D eigenvalue weighted by molar-refractivity contribution is 6.32. The molecule has 0 saturated carbocycles. The lowest BCUT2D eigenvalue weighted by molar-refractivity contribution is -0.117. The van der Waals surface area contributed by atoms with Gasteiger partial charge >= 0.3 is 0 Å². The van der Waals surface area contributed by atoms with Gasteiger partial charge in [0.2, 0.25) is 11.9 Å². The van der Waals surface area contributed by atoms with E-state index in [1.807, 2.05) is 30.3 Å². The highest BCUT2D eigenvalue weighted by Crippen LogP contribution is 2.30. The number of halogens is 1. The highest BCUT2D eigenvalue weighted by atomic mass is 35.5. The molecule has 1 N–H and O–H groups in total. The fraction of sp³-hybridized carbons (Fsp3) is 0.130. The average molecular weight is 444 g/mol. The fourth-order valence-corrected chi connectivity index (χ4v) is 3.80. The maximum Gasteiger partial charge on any atom is 0.227 e. The Labute approximate surface area is 189 Å². The lowest BCUT2D eigenvalue weighted by atomic mass is 10.1. The summed E-state index contributed by atoms with van der Waals surface area (Å²) in [5.74, 6) is 0.484. The van der Waals surface area contributed by atoms with Crippen molar-refractivity contribution in [2.45, 2.75) is 12.8 Å². The summed E-state index contributed by atoms with van der Waals surface area (Å²) >= 11 is 6.42. The number of hydrogen-bond acceptors (Lipinski definition) is 7. The minimum Gasteiger partial charge on any atom is -0.323 e. The molecule has 0 unspecified atom stereocenters. The van der Waals surface area contributed by atoms with E-state index in [0.717, 1.165) is 28.9 Å². The van der Waals surface area contributed by atoms with Gasteiger partial charge in [0.1, 0.15) is 0 Å². The van der Waals surface area contributed by atoms with Crippen molar-refractivity contribution < 1.29 is 4.79 Å². The molecule has 1 aromatic carbocycles. The first kappa shape index (κ1) is 20.0. The topological polar surface area (TPSA) is 96.8 Å². The summed E-state index contributed by atoms with van der Waals surface area (Å²) in [5.41, 5.74) is 4.53. The maximum absolute atomic E-state index is 12.0. The molecule has 1 aliphatic rings. The van der Waals surface area contributed by atoms with Crippen LogP contribution >= 0.6 is 11.6 Å². The van der Waals surface area contributed by atoms with Crippen molar-refractivity contribution in [1.82, 2.24) is 24.9 Å². The second-order valence-corrected chi connectivity index (χ2v) is 7.67. The largest absolute Gasteiger partial charge is 0.323 e. The van der Waals surface area contributed by atoms with Crippen LogP contribution in [0.4, 0.5) is 17.3 Å². The number of anilines is 3. The summed E-state index contributed by atoms with van der Waals surface area (Å²) in [6, 6.07) is 9.63. The number of carbonyl (C=O) groups is 1. The van der Waals surface area contributed by atoms with Crippen LogP contribution in [0.25, 0.3) is 22.5 Å². The van der Waals surface area contributed by atoms with E-state index in [4.69, 9.17) is 11.6 Å². The van der Waals surface area contributed by atoms with Crippen LogP contribution in [0.15, 0.2) is 67.5 Å². The van der Waals surface area contributed by atoms with Gasteiger partial charge in [-0.3, -0.25) is 19.7 Å². The summed E-state index contributed by atoms with van der Waals surface area (Å²) in [5, 5.41) is 3.59. The van der Waals surface area contributed by atoms with Crippen LogP contribution < -0.4 is 10.2 Å². The van der Waals surface area contributed by atoms with Crippen LogP contribution in [-0.4, -0.2) is 37.4 Å². The summed E-state index contributed by atoms with van der Waals surface area (Å²) in [4.78, 5) is 35.4. The molecule has 0 aliphatic carbocycles. The minimum absolute atomic E-state index is 0.108. The third kappa shape index (κ3) is 4.13. The third-order valence-electron chi connectivity index (χ3n) is 5.10. The van der Waals surface area contributed by atoms with E-state index >= 15 is 0 Å². The number of pyridine rings is 1. The quantitative estimate of drug-likeness (QED) is 0.484. The van der Waals surface area contributed by atoms with E-state index in [0.29, 0.717) is 35.3 Å². The zero-order valence-electron chi connectivity index (χ0n) is 16.9. The molecular weight excluding hydrogens is 426 g/mol. The number of benzene rings is 1. The van der Waals surface area contributed by atoms with Crippen molar-refractivity contribution in [2.75, 3.05) is 16.8 Å². The predicted octanol–water partition coefficient (Wildman–Crippen LogP) is 4.52. The molecule has 4 heterocycles. The summed E-state index contributed by atoms with van der Waals surface area (Å²) in [6.45, 7) is 0.702. The molecule has 0 bridgehead atoms. The summed E-state index contributed by atoms with van der Waals surface area (Å²) < 4.78 is 0. The first-order valence-corrected chi connectivity index (χ1v) is 10.5. The van der Waals surface area contributed by atoms with E-state index in [-0.39, 0.29) is 5.91 Å². The van der Waals surface area contributed by atoms with Gasteiger partial charge in [-0.05, 0) is 18.6 Å². The number of aromatic nitrogens is 5. The van der Waals surface area contributed by atoms with Crippen molar-refractivity contribution in [3.63, 3.8) is 0 Å². The number of carbonyl (C=O) groups excluding carboxylic acids is 1. The zero-order chi connectivity index (χ0) is 21.9. The molecule has 0 spiro atoms. The molecule has 0 atom stereocenters. The van der Waals surface area contributed by atoms with E-state index in [1.54, 1.807) is 42.1 Å². The SMILES string of the molecule is O=C1CCCN1c1cncc(Nc2ncc(Cl)c(-c3cccc(-c4cnccn4)c3)n2)c1. The molecule has 32 heavy (non-hydrogen) atoms. The summed E-state index contributed by atoms with van der Waals surface area (Å²) in [7, 11) is 0. The lowest BCUT2D eigenvalue weighted by Crippen LogP contribution is -2.23. The number of rotatable bonds is 5. The van der Waals surface area contributed by atoms with Gasteiger partial charge in [0.25, 0.3) is 0 Å². The van der Waals surface area contributed by atoms with Crippen molar-refractivity contribution in [2.24, 2.45) is 0 Å². The number of amides is 1. The first-order valence-electron chi connectivity index (χ1n) is 10.1. The molecule has 1 saturated heterocycles. The molecule has 0 radical (unpaired) electrons. The minimum atomic E-state index is 0.108. The van der Waals surface area contributed by atoms with Gasteiger partial charge in [-0.2, -0.15) is 0 Å². The fourth-order valence-electron chi connectivity index (χ4n) is 3.60. The molecule has 8 nitrogen and oxygen atoms in total. The Hall–Kier alpha value is -3.91. The Morgan fingerprint density at radius 1 is 0.969 bits per heavy atom. The molecular formula is C23H18ClN7O. The van der Waals surface area contributed by atoms with Crippen LogP contribution in [0, 0.1) is 0 Å². The van der Waals surface area contributed by atoms with Crippen LogP contribution in [0.3, 0.4) is 0 Å². The monoisotopic (exact) mass is 443 g/mol. The Morgan fingerprint density at radius 3 is 2.69 bits per heavy atom. The second kappa shape index (κ2) is 8.68. The smallest absolute Gasteiger partial charge is 0.227 e. The van der Waals surface area contributed by atoms with Gasteiger partial charge in [-0.15, -0.1) is 0 Å². The maximum atomic E-state index is 12.0. The van der Waals surface area contributed by atoms with E-state index < -0.39 is 0 Å². The van der Waals surface area contributed by atoms with Crippen molar-refractivity contribution >= 4 is 34.8 Å². The van der Waals surface area contributed by atoms with Crippen LogP contribution in [0.1, 0.15) is 12.8 Å². The van der Waals surface area contributed by atoms with Crippen LogP contribution in [0.2, 0.25) is 5.02 Å². The number of nitrogens with zero attached hydrogens (tertiary/aromatic N) is 6. The van der Waals surface area contributed by atoms with Gasteiger partial charge in [0, 0.05) is 36.5 Å². The Morgan fingerprint density at radius 2 is 1.88 bits per heavy atom. The molecule has 1 amide bonds. The second-order valence-electron chi connectivity index (χ2n) is 7.27. The molecule has 5 rings (SSSR count). The van der Waals surface area contributed by atoms with Crippen molar-refractivity contribution in [3.8, 4) is 22.5 Å². The van der Waals surface area contributed by atoms with Gasteiger partial charge < -0.3 is 10.2 Å². The Kier molecular flexibility index (Phi) is 5.43. The molecule has 3 aromatic heterocycles.